The number of hydrogen-bond acceptors (Lipinski definition) is 2. The number of fused-ring (bicyclic) bond motifs is 2. The smallest absolute Gasteiger partial charge is 0.140 e. The Morgan fingerprint density at radius 1 is 1.32 bits per heavy atom. The predicted octanol–water partition coefficient (Wildman–Crippen LogP) is 3.55. The van der Waals surface area contributed by atoms with Gasteiger partial charge >= 0.3 is 0 Å². The SMILES string of the molecule is CCCC1(C(=O)CC2CC3CCC2C3)CCCNC1. The Balaban J connectivity index is 1.63. The van der Waals surface area contributed by atoms with E-state index in [1.54, 1.807) is 0 Å². The van der Waals surface area contributed by atoms with Gasteiger partial charge in [0.2, 0.25) is 0 Å². The second kappa shape index (κ2) is 5.55. The molecule has 1 heterocycles. The van der Waals surface area contributed by atoms with Gasteiger partial charge < -0.3 is 5.32 Å². The van der Waals surface area contributed by atoms with Gasteiger partial charge in [0.25, 0.3) is 0 Å². The molecule has 0 aromatic carbocycles. The Morgan fingerprint density at radius 2 is 2.21 bits per heavy atom. The molecule has 2 aliphatic carbocycles. The van der Waals surface area contributed by atoms with Gasteiger partial charge in [-0.2, -0.15) is 0 Å². The molecule has 2 nitrogen and oxygen atoms in total. The summed E-state index contributed by atoms with van der Waals surface area (Å²) in [4.78, 5) is 12.9. The molecule has 3 aliphatic rings. The Bertz CT molecular complexity index is 327. The molecule has 0 aromatic heterocycles. The third kappa shape index (κ3) is 2.61. The lowest BCUT2D eigenvalue weighted by Gasteiger charge is -2.37. The van der Waals surface area contributed by atoms with E-state index < -0.39 is 0 Å². The summed E-state index contributed by atoms with van der Waals surface area (Å²) >= 11 is 0. The van der Waals surface area contributed by atoms with Gasteiger partial charge in [-0.05, 0) is 62.8 Å². The van der Waals surface area contributed by atoms with Crippen molar-refractivity contribution in [1.82, 2.24) is 5.32 Å². The van der Waals surface area contributed by atoms with Crippen molar-refractivity contribution in [2.24, 2.45) is 23.2 Å². The molecule has 1 aliphatic heterocycles. The molecule has 3 rings (SSSR count). The van der Waals surface area contributed by atoms with Crippen LogP contribution < -0.4 is 5.32 Å². The van der Waals surface area contributed by atoms with Crippen LogP contribution in [0.25, 0.3) is 0 Å². The van der Waals surface area contributed by atoms with E-state index in [4.69, 9.17) is 0 Å². The lowest BCUT2D eigenvalue weighted by Crippen LogP contribution is -2.46. The van der Waals surface area contributed by atoms with Gasteiger partial charge in [-0.25, -0.2) is 0 Å². The fraction of sp³-hybridized carbons (Fsp3) is 0.941. The van der Waals surface area contributed by atoms with Crippen LogP contribution in [0, 0.1) is 23.2 Å². The maximum atomic E-state index is 12.9. The fourth-order valence-corrected chi connectivity index (χ4v) is 5.12. The molecule has 0 spiro atoms. The summed E-state index contributed by atoms with van der Waals surface area (Å²) < 4.78 is 0. The monoisotopic (exact) mass is 263 g/mol. The second-order valence-corrected chi connectivity index (χ2v) is 7.37. The number of rotatable bonds is 5. The quantitative estimate of drug-likeness (QED) is 0.822. The summed E-state index contributed by atoms with van der Waals surface area (Å²) in [6, 6.07) is 0. The van der Waals surface area contributed by atoms with Gasteiger partial charge in [0, 0.05) is 18.4 Å². The van der Waals surface area contributed by atoms with Gasteiger partial charge in [-0.3, -0.25) is 4.79 Å². The molecule has 2 heteroatoms. The molecule has 0 amide bonds. The molecular weight excluding hydrogens is 234 g/mol. The molecule has 4 unspecified atom stereocenters. The lowest BCUT2D eigenvalue weighted by atomic mass is 9.70. The molecule has 4 atom stereocenters. The van der Waals surface area contributed by atoms with Gasteiger partial charge in [-0.1, -0.05) is 19.8 Å². The van der Waals surface area contributed by atoms with Crippen molar-refractivity contribution in [2.45, 2.75) is 64.7 Å². The van der Waals surface area contributed by atoms with Crippen LogP contribution in [0.15, 0.2) is 0 Å². The molecule has 3 fully saturated rings. The number of carbonyl (C=O) groups is 1. The van der Waals surface area contributed by atoms with Gasteiger partial charge in [-0.15, -0.1) is 0 Å². The standard InChI is InChI=1S/C17H29NO/c1-2-6-17(7-3-8-18-12-17)16(19)11-15-10-13-4-5-14(15)9-13/h13-15,18H,2-12H2,1H3. The summed E-state index contributed by atoms with van der Waals surface area (Å²) in [6.07, 6.45) is 11.1. The number of ketones is 1. The number of nitrogens with one attached hydrogen (secondary N) is 1. The van der Waals surface area contributed by atoms with Crippen LogP contribution in [-0.2, 0) is 4.79 Å². The minimum atomic E-state index is -0.00513. The van der Waals surface area contributed by atoms with E-state index >= 15 is 0 Å². The Morgan fingerprint density at radius 3 is 2.79 bits per heavy atom. The number of Topliss-reactive ketones (excluding diaryl/α,β-unsaturated/α-hetero) is 1. The minimum Gasteiger partial charge on any atom is -0.316 e. The molecule has 108 valence electrons. The molecule has 19 heavy (non-hydrogen) atoms. The zero-order valence-corrected chi connectivity index (χ0v) is 12.4. The first-order valence-electron chi connectivity index (χ1n) is 8.47. The van der Waals surface area contributed by atoms with Crippen molar-refractivity contribution < 1.29 is 4.79 Å². The van der Waals surface area contributed by atoms with Crippen molar-refractivity contribution in [2.75, 3.05) is 13.1 Å². The normalized spacial score (nSPS) is 41.6. The van der Waals surface area contributed by atoms with Crippen molar-refractivity contribution >= 4 is 5.78 Å². The third-order valence-corrected chi connectivity index (χ3v) is 6.12. The van der Waals surface area contributed by atoms with Gasteiger partial charge in [0.05, 0.1) is 0 Å². The van der Waals surface area contributed by atoms with Crippen LogP contribution in [0.1, 0.15) is 64.7 Å². The maximum absolute atomic E-state index is 12.9. The van der Waals surface area contributed by atoms with Crippen LogP contribution in [0.3, 0.4) is 0 Å². The Hall–Kier alpha value is -0.370. The van der Waals surface area contributed by atoms with Crippen LogP contribution >= 0.6 is 0 Å². The van der Waals surface area contributed by atoms with Crippen LogP contribution in [0.4, 0.5) is 0 Å². The highest BCUT2D eigenvalue weighted by Gasteiger charge is 2.44. The van der Waals surface area contributed by atoms with Crippen molar-refractivity contribution in [1.29, 1.82) is 0 Å². The van der Waals surface area contributed by atoms with E-state index in [1.165, 1.54) is 32.1 Å². The number of piperidine rings is 1. The lowest BCUT2D eigenvalue weighted by molar-refractivity contribution is -0.131. The number of carbonyl (C=O) groups excluding carboxylic acids is 1. The van der Waals surface area contributed by atoms with E-state index in [9.17, 15) is 4.79 Å². The highest BCUT2D eigenvalue weighted by Crippen LogP contribution is 2.50. The molecular formula is C17H29NO. The molecule has 2 bridgehead atoms. The average Bonchev–Trinajstić information content (AvgIpc) is 3.02. The highest BCUT2D eigenvalue weighted by molar-refractivity contribution is 5.85. The average molecular weight is 263 g/mol. The fourth-order valence-electron chi connectivity index (χ4n) is 5.12. The number of hydrogen-bond donors (Lipinski definition) is 1. The van der Waals surface area contributed by atoms with E-state index in [0.717, 1.165) is 56.5 Å². The van der Waals surface area contributed by atoms with Crippen LogP contribution in [-0.4, -0.2) is 18.9 Å². The van der Waals surface area contributed by atoms with Crippen molar-refractivity contribution in [3.63, 3.8) is 0 Å². The molecule has 1 saturated heterocycles. The molecule has 2 saturated carbocycles. The van der Waals surface area contributed by atoms with Crippen LogP contribution in [0.5, 0.6) is 0 Å². The highest BCUT2D eigenvalue weighted by atomic mass is 16.1. The van der Waals surface area contributed by atoms with E-state index in [1.807, 2.05) is 0 Å². The topological polar surface area (TPSA) is 29.1 Å². The summed E-state index contributed by atoms with van der Waals surface area (Å²) in [7, 11) is 0. The summed E-state index contributed by atoms with van der Waals surface area (Å²) in [5, 5.41) is 3.48. The summed E-state index contributed by atoms with van der Waals surface area (Å²) in [6.45, 7) is 4.27. The second-order valence-electron chi connectivity index (χ2n) is 7.37. The van der Waals surface area contributed by atoms with Gasteiger partial charge in [0.15, 0.2) is 0 Å². The molecule has 0 radical (unpaired) electrons. The zero-order chi connectivity index (χ0) is 13.3. The Kier molecular flexibility index (Phi) is 3.98. The molecule has 0 aromatic rings. The first kappa shape index (κ1) is 13.6. The van der Waals surface area contributed by atoms with Crippen molar-refractivity contribution in [3.8, 4) is 0 Å². The maximum Gasteiger partial charge on any atom is 0.140 e. The van der Waals surface area contributed by atoms with E-state index in [0.29, 0.717) is 5.78 Å². The predicted molar refractivity (Wildman–Crippen MR) is 78.0 cm³/mol. The van der Waals surface area contributed by atoms with Crippen LogP contribution in [0.2, 0.25) is 0 Å². The first-order valence-corrected chi connectivity index (χ1v) is 8.47. The first-order chi connectivity index (χ1) is 9.23. The third-order valence-electron chi connectivity index (χ3n) is 6.12. The zero-order valence-electron chi connectivity index (χ0n) is 12.4. The summed E-state index contributed by atoms with van der Waals surface area (Å²) in [5.41, 5.74) is -0.00513. The van der Waals surface area contributed by atoms with Gasteiger partial charge in [0.1, 0.15) is 5.78 Å². The largest absolute Gasteiger partial charge is 0.316 e. The Labute approximate surface area is 117 Å². The van der Waals surface area contributed by atoms with E-state index in [-0.39, 0.29) is 5.41 Å². The summed E-state index contributed by atoms with van der Waals surface area (Å²) in [5.74, 6) is 3.19. The molecule has 1 N–H and O–H groups in total. The minimum absolute atomic E-state index is 0.00513. The van der Waals surface area contributed by atoms with E-state index in [2.05, 4.69) is 12.2 Å². The van der Waals surface area contributed by atoms with Crippen molar-refractivity contribution in [3.05, 3.63) is 0 Å².